The maximum Gasteiger partial charge on any atom is 0.230 e. The van der Waals surface area contributed by atoms with Gasteiger partial charge in [-0.25, -0.2) is 9.98 Å². The molecule has 0 atom stereocenters. The number of piperazine rings is 1. The van der Waals surface area contributed by atoms with Crippen LogP contribution >= 0.6 is 24.0 Å². The molecule has 3 rings (SSSR count). The lowest BCUT2D eigenvalue weighted by Crippen LogP contribution is -2.49. The number of likely N-dealkylation sites (N-methyl/N-ethyl adjacent to an activating group) is 1. The number of carbonyl (C=O) groups is 1. The Balaban J connectivity index is 0.00000363. The molecule has 1 aromatic rings. The van der Waals surface area contributed by atoms with Gasteiger partial charge in [0.05, 0.1) is 12.0 Å². The summed E-state index contributed by atoms with van der Waals surface area (Å²) >= 11 is 0. The van der Waals surface area contributed by atoms with Crippen molar-refractivity contribution in [2.45, 2.75) is 39.2 Å². The van der Waals surface area contributed by atoms with Crippen LogP contribution in [0.2, 0.25) is 0 Å². The first-order chi connectivity index (χ1) is 14.9. The van der Waals surface area contributed by atoms with E-state index < -0.39 is 0 Å². The van der Waals surface area contributed by atoms with Crippen molar-refractivity contribution in [2.75, 3.05) is 65.3 Å². The van der Waals surface area contributed by atoms with E-state index in [1.165, 1.54) is 0 Å². The molecule has 1 saturated carbocycles. The monoisotopic (exact) mass is 557 g/mol. The summed E-state index contributed by atoms with van der Waals surface area (Å²) in [6.45, 7) is 8.17. The van der Waals surface area contributed by atoms with Crippen molar-refractivity contribution in [1.82, 2.24) is 25.4 Å². The fourth-order valence-electron chi connectivity index (χ4n) is 4.52. The van der Waals surface area contributed by atoms with Gasteiger partial charge in [0.2, 0.25) is 5.91 Å². The molecular weight excluding hydrogens is 517 g/mol. The Morgan fingerprint density at radius 1 is 1.19 bits per heavy atom. The van der Waals surface area contributed by atoms with E-state index in [4.69, 9.17) is 4.99 Å². The van der Waals surface area contributed by atoms with E-state index in [0.29, 0.717) is 13.1 Å². The fraction of sp³-hybridized carbons (Fsp3) is 0.696. The summed E-state index contributed by atoms with van der Waals surface area (Å²) in [6, 6.07) is 4.17. The molecule has 2 N–H and O–H groups in total. The fourth-order valence-corrected chi connectivity index (χ4v) is 4.52. The lowest BCUT2D eigenvalue weighted by molar-refractivity contribution is -0.138. The molecule has 1 saturated heterocycles. The highest BCUT2D eigenvalue weighted by molar-refractivity contribution is 14.0. The zero-order valence-electron chi connectivity index (χ0n) is 20.1. The maximum atomic E-state index is 12.8. The number of aromatic nitrogens is 1. The Hall–Kier alpha value is -1.62. The normalized spacial score (nSPS) is 18.8. The molecule has 1 aromatic heterocycles. The summed E-state index contributed by atoms with van der Waals surface area (Å²) in [5.74, 6) is 2.01. The lowest BCUT2D eigenvalue weighted by Gasteiger charge is -2.33. The van der Waals surface area contributed by atoms with Gasteiger partial charge in [-0.2, -0.15) is 0 Å². The van der Waals surface area contributed by atoms with Gasteiger partial charge in [0.15, 0.2) is 5.96 Å². The van der Waals surface area contributed by atoms with Gasteiger partial charge >= 0.3 is 0 Å². The number of anilines is 1. The SMILES string of the molecule is CCNC(=NCc1ccnc(N2CCN(C)CC2)c1)NCC1(C(=O)N(C)C)CCCC1.I. The summed E-state index contributed by atoms with van der Waals surface area (Å²) in [7, 11) is 5.86. The largest absolute Gasteiger partial charge is 0.357 e. The smallest absolute Gasteiger partial charge is 0.230 e. The third kappa shape index (κ3) is 6.94. The van der Waals surface area contributed by atoms with Crippen LogP contribution in [0, 0.1) is 5.41 Å². The van der Waals surface area contributed by atoms with Crippen molar-refractivity contribution in [3.8, 4) is 0 Å². The molecular formula is C23H40IN7O. The van der Waals surface area contributed by atoms with E-state index >= 15 is 0 Å². The maximum absolute atomic E-state index is 12.8. The zero-order valence-corrected chi connectivity index (χ0v) is 22.4. The summed E-state index contributed by atoms with van der Waals surface area (Å²) in [5.41, 5.74) is 0.825. The minimum absolute atomic E-state index is 0. The standard InChI is InChI=1S/C23H39N7O.HI/c1-5-24-22(27-18-23(9-6-7-10-23)21(31)28(2)3)26-17-19-8-11-25-20(16-19)30-14-12-29(4)13-15-30;/h8,11,16H,5-7,9-10,12-15,17-18H2,1-4H3,(H2,24,26,27);1H. The van der Waals surface area contributed by atoms with Gasteiger partial charge in [0, 0.05) is 59.6 Å². The minimum atomic E-state index is -0.315. The van der Waals surface area contributed by atoms with E-state index in [0.717, 1.165) is 75.7 Å². The Bertz CT molecular complexity index is 756. The van der Waals surface area contributed by atoms with Gasteiger partial charge in [-0.05, 0) is 44.5 Å². The minimum Gasteiger partial charge on any atom is -0.357 e. The molecule has 2 fully saturated rings. The van der Waals surface area contributed by atoms with Crippen LogP contribution in [-0.4, -0.2) is 87.1 Å². The molecule has 9 heteroatoms. The average Bonchev–Trinajstić information content (AvgIpc) is 3.26. The van der Waals surface area contributed by atoms with Crippen LogP contribution in [0.4, 0.5) is 5.82 Å². The number of hydrogen-bond donors (Lipinski definition) is 2. The van der Waals surface area contributed by atoms with E-state index in [9.17, 15) is 4.79 Å². The summed E-state index contributed by atoms with van der Waals surface area (Å²) < 4.78 is 0. The predicted octanol–water partition coefficient (Wildman–Crippen LogP) is 2.16. The number of halogens is 1. The van der Waals surface area contributed by atoms with Crippen molar-refractivity contribution in [2.24, 2.45) is 10.4 Å². The second-order valence-electron chi connectivity index (χ2n) is 9.05. The van der Waals surface area contributed by atoms with Crippen LogP contribution < -0.4 is 15.5 Å². The Labute approximate surface area is 210 Å². The van der Waals surface area contributed by atoms with Gasteiger partial charge < -0.3 is 25.3 Å². The first-order valence-electron chi connectivity index (χ1n) is 11.6. The van der Waals surface area contributed by atoms with Crippen molar-refractivity contribution in [3.63, 3.8) is 0 Å². The van der Waals surface area contributed by atoms with Gasteiger partial charge in [-0.3, -0.25) is 4.79 Å². The number of aliphatic imine (C=N–C) groups is 1. The lowest BCUT2D eigenvalue weighted by atomic mass is 9.84. The average molecular weight is 558 g/mol. The molecule has 0 radical (unpaired) electrons. The number of hydrogen-bond acceptors (Lipinski definition) is 5. The third-order valence-corrected chi connectivity index (χ3v) is 6.42. The number of nitrogens with zero attached hydrogens (tertiary/aromatic N) is 5. The second kappa shape index (κ2) is 12.6. The van der Waals surface area contributed by atoms with E-state index in [2.05, 4.69) is 45.5 Å². The Kier molecular flexibility index (Phi) is 10.5. The molecule has 1 amide bonds. The van der Waals surface area contributed by atoms with Crippen molar-refractivity contribution < 1.29 is 4.79 Å². The van der Waals surface area contributed by atoms with Crippen LogP contribution in [-0.2, 0) is 11.3 Å². The van der Waals surface area contributed by atoms with Gasteiger partial charge in [0.25, 0.3) is 0 Å². The quantitative estimate of drug-likeness (QED) is 0.304. The van der Waals surface area contributed by atoms with Crippen molar-refractivity contribution in [1.29, 1.82) is 0 Å². The highest BCUT2D eigenvalue weighted by Crippen LogP contribution is 2.38. The third-order valence-electron chi connectivity index (χ3n) is 6.42. The summed E-state index contributed by atoms with van der Waals surface area (Å²) in [5, 5.41) is 6.78. The molecule has 0 spiro atoms. The van der Waals surface area contributed by atoms with Gasteiger partial charge in [-0.15, -0.1) is 24.0 Å². The zero-order chi connectivity index (χ0) is 22.3. The van der Waals surface area contributed by atoms with Crippen LogP contribution in [0.25, 0.3) is 0 Å². The molecule has 0 aromatic carbocycles. The van der Waals surface area contributed by atoms with Crippen molar-refractivity contribution in [3.05, 3.63) is 23.9 Å². The van der Waals surface area contributed by atoms with Crippen LogP contribution in [0.5, 0.6) is 0 Å². The topological polar surface area (TPSA) is 76.1 Å². The number of rotatable bonds is 7. The van der Waals surface area contributed by atoms with E-state index in [-0.39, 0.29) is 35.3 Å². The number of amides is 1. The van der Waals surface area contributed by atoms with Crippen molar-refractivity contribution >= 4 is 41.7 Å². The van der Waals surface area contributed by atoms with Crippen LogP contribution in [0.15, 0.2) is 23.3 Å². The molecule has 0 unspecified atom stereocenters. The van der Waals surface area contributed by atoms with Gasteiger partial charge in [-0.1, -0.05) is 12.8 Å². The molecule has 8 nitrogen and oxygen atoms in total. The molecule has 180 valence electrons. The highest BCUT2D eigenvalue weighted by atomic mass is 127. The molecule has 1 aliphatic carbocycles. The second-order valence-corrected chi connectivity index (χ2v) is 9.05. The summed E-state index contributed by atoms with van der Waals surface area (Å²) in [4.78, 5) is 28.6. The highest BCUT2D eigenvalue weighted by Gasteiger charge is 2.42. The molecule has 0 bridgehead atoms. The van der Waals surface area contributed by atoms with Crippen LogP contribution in [0.1, 0.15) is 38.2 Å². The van der Waals surface area contributed by atoms with E-state index in [1.54, 1.807) is 4.90 Å². The first kappa shape index (κ1) is 26.6. The number of nitrogens with one attached hydrogen (secondary N) is 2. The van der Waals surface area contributed by atoms with Gasteiger partial charge in [0.1, 0.15) is 5.82 Å². The Morgan fingerprint density at radius 2 is 1.88 bits per heavy atom. The first-order valence-corrected chi connectivity index (χ1v) is 11.6. The molecule has 32 heavy (non-hydrogen) atoms. The number of carbonyl (C=O) groups excluding carboxylic acids is 1. The molecule has 1 aliphatic heterocycles. The van der Waals surface area contributed by atoms with E-state index in [1.807, 2.05) is 26.4 Å². The Morgan fingerprint density at radius 3 is 2.50 bits per heavy atom. The summed E-state index contributed by atoms with van der Waals surface area (Å²) in [6.07, 6.45) is 5.98. The number of guanidine groups is 1. The predicted molar refractivity (Wildman–Crippen MR) is 142 cm³/mol. The molecule has 2 heterocycles. The number of pyridine rings is 1. The van der Waals surface area contributed by atoms with Crippen LogP contribution in [0.3, 0.4) is 0 Å². The molecule has 2 aliphatic rings.